The molecule has 1 aliphatic rings. The van der Waals surface area contributed by atoms with Crippen molar-refractivity contribution in [1.82, 2.24) is 10.2 Å². The van der Waals surface area contributed by atoms with E-state index in [4.69, 9.17) is 0 Å². The van der Waals surface area contributed by atoms with Crippen molar-refractivity contribution in [1.29, 1.82) is 0 Å². The Balaban J connectivity index is 0.00000288. The number of halogens is 5. The number of hydrogen-bond donors (Lipinski definition) is 2. The molecule has 1 aromatic rings. The Labute approximate surface area is 145 Å². The van der Waals surface area contributed by atoms with E-state index in [1.165, 1.54) is 6.07 Å². The molecule has 1 heterocycles. The molecule has 3 nitrogen and oxygen atoms in total. The SMILES string of the molecule is CC(C)(CO)[C@@H](c1ccc(F)c(C(F)(F)F)c1)N1CCNCC1.Cl. The van der Waals surface area contributed by atoms with Gasteiger partial charge in [-0.25, -0.2) is 4.39 Å². The standard InChI is InChI=1S/C16H22F4N2O.ClH/c1-15(2,10-23)14(22-7-5-21-6-8-22)11-3-4-13(17)12(9-11)16(18,19)20;/h3-4,9,14,21,23H,5-8,10H2,1-2H3;1H/t14-;/m1./s1. The van der Waals surface area contributed by atoms with E-state index < -0.39 is 29.0 Å². The van der Waals surface area contributed by atoms with Crippen LogP contribution in [0, 0.1) is 11.2 Å². The first kappa shape index (κ1) is 21.2. The quantitative estimate of drug-likeness (QED) is 0.799. The molecule has 0 unspecified atom stereocenters. The molecule has 2 rings (SSSR count). The van der Waals surface area contributed by atoms with Crippen LogP contribution in [0.15, 0.2) is 18.2 Å². The normalized spacial score (nSPS) is 18.1. The molecule has 138 valence electrons. The van der Waals surface area contributed by atoms with Gasteiger partial charge in [-0.2, -0.15) is 13.2 Å². The minimum absolute atomic E-state index is 0. The average molecular weight is 371 g/mol. The summed E-state index contributed by atoms with van der Waals surface area (Å²) >= 11 is 0. The van der Waals surface area contributed by atoms with E-state index in [1.54, 1.807) is 13.8 Å². The van der Waals surface area contributed by atoms with Gasteiger partial charge in [0.05, 0.1) is 5.56 Å². The number of benzene rings is 1. The molecule has 0 radical (unpaired) electrons. The van der Waals surface area contributed by atoms with Crippen molar-refractivity contribution in [3.8, 4) is 0 Å². The maximum atomic E-state index is 13.6. The molecule has 0 bridgehead atoms. The summed E-state index contributed by atoms with van der Waals surface area (Å²) in [5.41, 5.74) is -1.54. The van der Waals surface area contributed by atoms with E-state index in [2.05, 4.69) is 5.32 Å². The summed E-state index contributed by atoms with van der Waals surface area (Å²) in [6, 6.07) is 2.70. The molecule has 0 amide bonds. The van der Waals surface area contributed by atoms with Crippen molar-refractivity contribution in [2.24, 2.45) is 5.41 Å². The van der Waals surface area contributed by atoms with Gasteiger partial charge < -0.3 is 10.4 Å². The molecular weight excluding hydrogens is 348 g/mol. The zero-order valence-electron chi connectivity index (χ0n) is 13.7. The second kappa shape index (κ2) is 7.99. The summed E-state index contributed by atoms with van der Waals surface area (Å²) in [7, 11) is 0. The number of aliphatic hydroxyl groups is 1. The summed E-state index contributed by atoms with van der Waals surface area (Å²) in [4.78, 5) is 2.04. The number of alkyl halides is 3. The predicted octanol–water partition coefficient (Wildman–Crippen LogP) is 3.23. The van der Waals surface area contributed by atoms with E-state index in [0.29, 0.717) is 18.7 Å². The lowest BCUT2D eigenvalue weighted by Crippen LogP contribution is -2.49. The first-order valence-electron chi connectivity index (χ1n) is 7.59. The lowest BCUT2D eigenvalue weighted by Gasteiger charge is -2.43. The van der Waals surface area contributed by atoms with Gasteiger partial charge in [0.15, 0.2) is 0 Å². The molecule has 0 aliphatic carbocycles. The van der Waals surface area contributed by atoms with Crippen molar-refractivity contribution in [2.45, 2.75) is 26.1 Å². The smallest absolute Gasteiger partial charge is 0.396 e. The molecule has 0 saturated carbocycles. The van der Waals surface area contributed by atoms with Crippen LogP contribution in [0.5, 0.6) is 0 Å². The summed E-state index contributed by atoms with van der Waals surface area (Å²) in [5.74, 6) is -1.28. The maximum absolute atomic E-state index is 13.6. The van der Waals surface area contributed by atoms with E-state index in [0.717, 1.165) is 25.2 Å². The molecule has 1 aromatic carbocycles. The molecular formula is C16H23ClF4N2O. The molecule has 1 saturated heterocycles. The molecule has 1 aliphatic heterocycles. The fraction of sp³-hybridized carbons (Fsp3) is 0.625. The zero-order valence-corrected chi connectivity index (χ0v) is 14.5. The maximum Gasteiger partial charge on any atom is 0.419 e. The first-order valence-corrected chi connectivity index (χ1v) is 7.59. The number of piperazine rings is 1. The van der Waals surface area contributed by atoms with Crippen molar-refractivity contribution < 1.29 is 22.7 Å². The first-order chi connectivity index (χ1) is 10.7. The summed E-state index contributed by atoms with van der Waals surface area (Å²) in [6.07, 6.45) is -4.74. The van der Waals surface area contributed by atoms with Crippen molar-refractivity contribution in [3.63, 3.8) is 0 Å². The van der Waals surface area contributed by atoms with E-state index in [-0.39, 0.29) is 19.0 Å². The molecule has 2 N–H and O–H groups in total. The number of rotatable bonds is 4. The summed E-state index contributed by atoms with van der Waals surface area (Å²) < 4.78 is 52.6. The van der Waals surface area contributed by atoms with Crippen LogP contribution in [0.2, 0.25) is 0 Å². The third kappa shape index (κ3) is 4.59. The van der Waals surface area contributed by atoms with Crippen molar-refractivity contribution in [3.05, 3.63) is 35.1 Å². The van der Waals surface area contributed by atoms with Crippen LogP contribution in [0.4, 0.5) is 17.6 Å². The molecule has 0 aromatic heterocycles. The minimum atomic E-state index is -4.74. The van der Waals surface area contributed by atoms with Gasteiger partial charge in [-0.15, -0.1) is 12.4 Å². The van der Waals surface area contributed by atoms with E-state index in [1.807, 2.05) is 4.90 Å². The lowest BCUT2D eigenvalue weighted by atomic mass is 9.79. The zero-order chi connectivity index (χ0) is 17.3. The predicted molar refractivity (Wildman–Crippen MR) is 86.7 cm³/mol. The van der Waals surface area contributed by atoms with Crippen LogP contribution in [0.25, 0.3) is 0 Å². The van der Waals surface area contributed by atoms with Gasteiger partial charge in [0.2, 0.25) is 0 Å². The van der Waals surface area contributed by atoms with Crippen LogP contribution in [-0.4, -0.2) is 42.8 Å². The Morgan fingerprint density at radius 1 is 1.21 bits per heavy atom. The molecule has 1 fully saturated rings. The highest BCUT2D eigenvalue weighted by molar-refractivity contribution is 5.85. The van der Waals surface area contributed by atoms with E-state index >= 15 is 0 Å². The van der Waals surface area contributed by atoms with E-state index in [9.17, 15) is 22.7 Å². The Morgan fingerprint density at radius 2 is 1.79 bits per heavy atom. The Morgan fingerprint density at radius 3 is 2.29 bits per heavy atom. The Bertz CT molecular complexity index is 545. The number of hydrogen-bond acceptors (Lipinski definition) is 3. The van der Waals surface area contributed by atoms with Crippen LogP contribution < -0.4 is 5.32 Å². The fourth-order valence-corrected chi connectivity index (χ4v) is 3.11. The van der Waals surface area contributed by atoms with Crippen LogP contribution >= 0.6 is 12.4 Å². The highest BCUT2D eigenvalue weighted by Gasteiger charge is 2.39. The summed E-state index contributed by atoms with van der Waals surface area (Å²) in [5, 5.41) is 12.9. The van der Waals surface area contributed by atoms with Gasteiger partial charge in [0.1, 0.15) is 5.82 Å². The van der Waals surface area contributed by atoms with Gasteiger partial charge in [-0.05, 0) is 17.7 Å². The number of aliphatic hydroxyl groups excluding tert-OH is 1. The van der Waals surface area contributed by atoms with Gasteiger partial charge in [-0.3, -0.25) is 4.90 Å². The molecule has 8 heteroatoms. The monoisotopic (exact) mass is 370 g/mol. The largest absolute Gasteiger partial charge is 0.419 e. The highest BCUT2D eigenvalue weighted by Crippen LogP contribution is 2.41. The van der Waals surface area contributed by atoms with Crippen molar-refractivity contribution in [2.75, 3.05) is 32.8 Å². The average Bonchev–Trinajstić information content (AvgIpc) is 2.49. The van der Waals surface area contributed by atoms with Crippen LogP contribution in [0.1, 0.15) is 31.0 Å². The third-order valence-electron chi connectivity index (χ3n) is 4.28. The Kier molecular flexibility index (Phi) is 7.04. The van der Waals surface area contributed by atoms with Crippen LogP contribution in [0.3, 0.4) is 0 Å². The van der Waals surface area contributed by atoms with Gasteiger partial charge in [0, 0.05) is 44.2 Å². The highest BCUT2D eigenvalue weighted by atomic mass is 35.5. The Hall–Kier alpha value is -0.890. The molecule has 24 heavy (non-hydrogen) atoms. The van der Waals surface area contributed by atoms with Gasteiger partial charge in [0.25, 0.3) is 0 Å². The summed E-state index contributed by atoms with van der Waals surface area (Å²) in [6.45, 7) is 6.20. The lowest BCUT2D eigenvalue weighted by molar-refractivity contribution is -0.140. The second-order valence-electron chi connectivity index (χ2n) is 6.57. The molecule has 1 atom stereocenters. The number of nitrogens with zero attached hydrogens (tertiary/aromatic N) is 1. The van der Waals surface area contributed by atoms with Crippen LogP contribution in [-0.2, 0) is 6.18 Å². The van der Waals surface area contributed by atoms with Gasteiger partial charge in [-0.1, -0.05) is 19.9 Å². The van der Waals surface area contributed by atoms with Gasteiger partial charge >= 0.3 is 6.18 Å². The fourth-order valence-electron chi connectivity index (χ4n) is 3.11. The minimum Gasteiger partial charge on any atom is -0.396 e. The topological polar surface area (TPSA) is 35.5 Å². The molecule has 0 spiro atoms. The van der Waals surface area contributed by atoms with Crippen molar-refractivity contribution >= 4 is 12.4 Å². The number of nitrogens with one attached hydrogen (secondary N) is 1. The third-order valence-corrected chi connectivity index (χ3v) is 4.28. The second-order valence-corrected chi connectivity index (χ2v) is 6.57.